The Kier molecular flexibility index (Phi) is 4.05. The summed E-state index contributed by atoms with van der Waals surface area (Å²) in [4.78, 5) is 14.3. The van der Waals surface area contributed by atoms with E-state index >= 15 is 0 Å². The van der Waals surface area contributed by atoms with E-state index in [0.717, 1.165) is 45.4 Å². The van der Waals surface area contributed by atoms with Crippen molar-refractivity contribution in [2.45, 2.75) is 44.6 Å². The van der Waals surface area contributed by atoms with Crippen LogP contribution >= 0.6 is 0 Å². The molecule has 0 aromatic heterocycles. The second-order valence-electron chi connectivity index (χ2n) is 5.61. The Morgan fingerprint density at radius 3 is 2.82 bits per heavy atom. The fraction of sp³-hybridized carbons (Fsp3) is 0.923. The summed E-state index contributed by atoms with van der Waals surface area (Å²) < 4.78 is 5.32. The number of hydrogen-bond acceptors (Lipinski definition) is 3. The van der Waals surface area contributed by atoms with Crippen molar-refractivity contribution < 1.29 is 9.53 Å². The molecule has 0 aliphatic carbocycles. The number of nitrogens with zero attached hydrogens (tertiary/aromatic N) is 1. The monoisotopic (exact) mass is 240 g/mol. The van der Waals surface area contributed by atoms with Gasteiger partial charge in [0.25, 0.3) is 0 Å². The van der Waals surface area contributed by atoms with Gasteiger partial charge in [0.15, 0.2) is 0 Å². The van der Waals surface area contributed by atoms with Crippen molar-refractivity contribution in [1.82, 2.24) is 4.90 Å². The second-order valence-corrected chi connectivity index (χ2v) is 5.61. The molecule has 1 unspecified atom stereocenters. The Bertz CT molecular complexity index is 277. The summed E-state index contributed by atoms with van der Waals surface area (Å²) in [5.74, 6) is 0.807. The molecule has 0 bridgehead atoms. The van der Waals surface area contributed by atoms with Crippen LogP contribution in [0.15, 0.2) is 0 Å². The number of rotatable bonds is 3. The molecule has 2 aliphatic rings. The Labute approximate surface area is 103 Å². The Balaban J connectivity index is 1.90. The summed E-state index contributed by atoms with van der Waals surface area (Å²) >= 11 is 0. The third-order valence-corrected chi connectivity index (χ3v) is 4.29. The lowest BCUT2D eigenvalue weighted by Crippen LogP contribution is -2.50. The SMILES string of the molecule is CC1(CN)CCCN1C(=O)CC1CCOCC1. The first-order valence-electron chi connectivity index (χ1n) is 6.74. The van der Waals surface area contributed by atoms with E-state index in [1.165, 1.54) is 0 Å². The zero-order valence-electron chi connectivity index (χ0n) is 10.8. The zero-order chi connectivity index (χ0) is 12.3. The Morgan fingerprint density at radius 1 is 1.47 bits per heavy atom. The van der Waals surface area contributed by atoms with Gasteiger partial charge in [-0.15, -0.1) is 0 Å². The molecule has 0 aromatic rings. The molecular weight excluding hydrogens is 216 g/mol. The van der Waals surface area contributed by atoms with Crippen LogP contribution < -0.4 is 5.73 Å². The number of carbonyl (C=O) groups is 1. The van der Waals surface area contributed by atoms with Crippen molar-refractivity contribution in [3.05, 3.63) is 0 Å². The lowest BCUT2D eigenvalue weighted by Gasteiger charge is -2.35. The van der Waals surface area contributed by atoms with E-state index in [2.05, 4.69) is 6.92 Å². The molecule has 4 nitrogen and oxygen atoms in total. The van der Waals surface area contributed by atoms with Crippen LogP contribution in [0.4, 0.5) is 0 Å². The number of ether oxygens (including phenoxy) is 1. The number of likely N-dealkylation sites (tertiary alicyclic amines) is 1. The summed E-state index contributed by atoms with van der Waals surface area (Å²) in [5, 5.41) is 0. The van der Waals surface area contributed by atoms with E-state index in [4.69, 9.17) is 10.5 Å². The van der Waals surface area contributed by atoms with Gasteiger partial charge < -0.3 is 15.4 Å². The van der Waals surface area contributed by atoms with Gasteiger partial charge in [0.2, 0.25) is 5.91 Å². The largest absolute Gasteiger partial charge is 0.381 e. The third-order valence-electron chi connectivity index (χ3n) is 4.29. The van der Waals surface area contributed by atoms with E-state index in [-0.39, 0.29) is 5.54 Å². The van der Waals surface area contributed by atoms with Crippen molar-refractivity contribution in [1.29, 1.82) is 0 Å². The molecule has 98 valence electrons. The van der Waals surface area contributed by atoms with Gasteiger partial charge >= 0.3 is 0 Å². The molecule has 1 atom stereocenters. The van der Waals surface area contributed by atoms with Gasteiger partial charge in [-0.05, 0) is 38.5 Å². The fourth-order valence-electron chi connectivity index (χ4n) is 2.97. The molecule has 2 heterocycles. The predicted octanol–water partition coefficient (Wildman–Crippen LogP) is 1.14. The summed E-state index contributed by atoms with van der Waals surface area (Å²) in [6.07, 6.45) is 4.87. The Hall–Kier alpha value is -0.610. The van der Waals surface area contributed by atoms with Crippen molar-refractivity contribution in [2.24, 2.45) is 11.7 Å². The van der Waals surface area contributed by atoms with E-state index in [9.17, 15) is 4.79 Å². The predicted molar refractivity (Wildman–Crippen MR) is 66.6 cm³/mol. The summed E-state index contributed by atoms with van der Waals surface area (Å²) in [7, 11) is 0. The smallest absolute Gasteiger partial charge is 0.223 e. The molecule has 2 N–H and O–H groups in total. The minimum atomic E-state index is -0.0950. The minimum absolute atomic E-state index is 0.0950. The summed E-state index contributed by atoms with van der Waals surface area (Å²) in [6, 6.07) is 0. The van der Waals surface area contributed by atoms with Crippen LogP contribution in [-0.4, -0.2) is 42.6 Å². The second kappa shape index (κ2) is 5.36. The van der Waals surface area contributed by atoms with Crippen molar-refractivity contribution >= 4 is 5.91 Å². The quantitative estimate of drug-likeness (QED) is 0.805. The lowest BCUT2D eigenvalue weighted by atomic mass is 9.94. The van der Waals surface area contributed by atoms with Crippen LogP contribution in [0.5, 0.6) is 0 Å². The van der Waals surface area contributed by atoms with Gasteiger partial charge in [0, 0.05) is 32.7 Å². The van der Waals surface area contributed by atoms with Crippen molar-refractivity contribution in [2.75, 3.05) is 26.3 Å². The average Bonchev–Trinajstić information content (AvgIpc) is 2.73. The number of carbonyl (C=O) groups excluding carboxylic acids is 1. The van der Waals surface area contributed by atoms with Crippen LogP contribution in [0, 0.1) is 5.92 Å². The van der Waals surface area contributed by atoms with Crippen LogP contribution in [0.3, 0.4) is 0 Å². The molecule has 4 heteroatoms. The van der Waals surface area contributed by atoms with Crippen LogP contribution in [0.2, 0.25) is 0 Å². The van der Waals surface area contributed by atoms with E-state index in [1.54, 1.807) is 0 Å². The average molecular weight is 240 g/mol. The first-order valence-corrected chi connectivity index (χ1v) is 6.74. The van der Waals surface area contributed by atoms with Gasteiger partial charge in [0.1, 0.15) is 0 Å². The molecule has 0 spiro atoms. The van der Waals surface area contributed by atoms with Gasteiger partial charge in [-0.25, -0.2) is 0 Å². The van der Waals surface area contributed by atoms with Crippen LogP contribution in [0.1, 0.15) is 39.0 Å². The van der Waals surface area contributed by atoms with Crippen molar-refractivity contribution in [3.63, 3.8) is 0 Å². The highest BCUT2D eigenvalue weighted by molar-refractivity contribution is 5.77. The highest BCUT2D eigenvalue weighted by Gasteiger charge is 2.38. The highest BCUT2D eigenvalue weighted by Crippen LogP contribution is 2.30. The first kappa shape index (κ1) is 12.8. The highest BCUT2D eigenvalue weighted by atomic mass is 16.5. The molecule has 2 aliphatic heterocycles. The number of nitrogens with two attached hydrogens (primary N) is 1. The van der Waals surface area contributed by atoms with Gasteiger partial charge in [0.05, 0.1) is 5.54 Å². The molecule has 0 saturated carbocycles. The fourth-order valence-corrected chi connectivity index (χ4v) is 2.97. The molecule has 2 rings (SSSR count). The maximum Gasteiger partial charge on any atom is 0.223 e. The van der Waals surface area contributed by atoms with E-state index in [1.807, 2.05) is 4.90 Å². The van der Waals surface area contributed by atoms with Crippen LogP contribution in [-0.2, 0) is 9.53 Å². The maximum atomic E-state index is 12.3. The standard InChI is InChI=1S/C13H24N2O2/c1-13(10-14)5-2-6-15(13)12(16)9-11-3-7-17-8-4-11/h11H,2-10,14H2,1H3. The first-order chi connectivity index (χ1) is 8.15. The van der Waals surface area contributed by atoms with E-state index < -0.39 is 0 Å². The van der Waals surface area contributed by atoms with Gasteiger partial charge in [-0.2, -0.15) is 0 Å². The molecule has 0 radical (unpaired) electrons. The van der Waals surface area contributed by atoms with Gasteiger partial charge in [-0.3, -0.25) is 4.79 Å². The number of hydrogen-bond donors (Lipinski definition) is 1. The maximum absolute atomic E-state index is 12.3. The summed E-state index contributed by atoms with van der Waals surface area (Å²) in [6.45, 7) is 5.20. The zero-order valence-corrected chi connectivity index (χ0v) is 10.8. The molecule has 2 saturated heterocycles. The van der Waals surface area contributed by atoms with Crippen LogP contribution in [0.25, 0.3) is 0 Å². The van der Waals surface area contributed by atoms with Gasteiger partial charge in [-0.1, -0.05) is 0 Å². The lowest BCUT2D eigenvalue weighted by molar-refractivity contribution is -0.136. The Morgan fingerprint density at radius 2 is 2.18 bits per heavy atom. The normalized spacial score (nSPS) is 30.8. The molecule has 1 amide bonds. The molecule has 2 fully saturated rings. The minimum Gasteiger partial charge on any atom is -0.381 e. The molecular formula is C13H24N2O2. The molecule has 17 heavy (non-hydrogen) atoms. The van der Waals surface area contributed by atoms with Crippen molar-refractivity contribution in [3.8, 4) is 0 Å². The molecule has 0 aromatic carbocycles. The van der Waals surface area contributed by atoms with E-state index in [0.29, 0.717) is 24.8 Å². The summed E-state index contributed by atoms with van der Waals surface area (Å²) in [5.41, 5.74) is 5.72. The topological polar surface area (TPSA) is 55.6 Å². The third kappa shape index (κ3) is 2.80. The number of amides is 1.